The third-order valence-electron chi connectivity index (χ3n) is 3.72. The van der Waals surface area contributed by atoms with E-state index >= 15 is 0 Å². The molecule has 6 nitrogen and oxygen atoms in total. The molecule has 0 unspecified atom stereocenters. The molecule has 2 aromatic rings. The van der Waals surface area contributed by atoms with E-state index < -0.39 is 5.97 Å². The minimum absolute atomic E-state index is 0.189. The van der Waals surface area contributed by atoms with Gasteiger partial charge in [0.2, 0.25) is 5.90 Å². The number of carbonyl (C=O) groups is 2. The van der Waals surface area contributed by atoms with Gasteiger partial charge in [0.05, 0.1) is 6.61 Å². The molecule has 1 aliphatic heterocycles. The minimum atomic E-state index is -0.520. The molecular weight excluding hydrogens is 346 g/mol. The fourth-order valence-electron chi connectivity index (χ4n) is 2.43. The first-order valence-electron chi connectivity index (χ1n) is 8.66. The number of benzene rings is 2. The van der Waals surface area contributed by atoms with Crippen molar-refractivity contribution in [3.8, 4) is 11.5 Å². The highest BCUT2D eigenvalue weighted by molar-refractivity contribution is 6.12. The summed E-state index contributed by atoms with van der Waals surface area (Å²) in [6.07, 6.45) is 1.87. The van der Waals surface area contributed by atoms with Crippen molar-refractivity contribution in [1.82, 2.24) is 0 Å². The van der Waals surface area contributed by atoms with Gasteiger partial charge in [0, 0.05) is 12.0 Å². The molecule has 0 N–H and O–H groups in total. The van der Waals surface area contributed by atoms with E-state index in [0.29, 0.717) is 23.7 Å². The average molecular weight is 365 g/mol. The molecule has 0 radical (unpaired) electrons. The van der Waals surface area contributed by atoms with Crippen molar-refractivity contribution in [2.45, 2.75) is 20.3 Å². The molecule has 0 atom stereocenters. The normalized spacial score (nSPS) is 14.7. The zero-order chi connectivity index (χ0) is 19.2. The average Bonchev–Trinajstić information content (AvgIpc) is 3.05. The molecule has 0 bridgehead atoms. The van der Waals surface area contributed by atoms with E-state index in [2.05, 4.69) is 4.99 Å². The van der Waals surface area contributed by atoms with Crippen LogP contribution in [0.1, 0.15) is 31.4 Å². The molecule has 0 fully saturated rings. The third kappa shape index (κ3) is 4.41. The van der Waals surface area contributed by atoms with Gasteiger partial charge in [-0.2, -0.15) is 0 Å². The Kier molecular flexibility index (Phi) is 5.66. The second-order valence-electron chi connectivity index (χ2n) is 5.67. The number of hydrogen-bond acceptors (Lipinski definition) is 6. The molecule has 0 spiro atoms. The van der Waals surface area contributed by atoms with Crippen LogP contribution in [0.5, 0.6) is 11.5 Å². The number of nitrogens with zero attached hydrogens (tertiary/aromatic N) is 1. The van der Waals surface area contributed by atoms with Crippen LogP contribution in [0.25, 0.3) is 6.08 Å². The van der Waals surface area contributed by atoms with E-state index in [9.17, 15) is 9.59 Å². The summed E-state index contributed by atoms with van der Waals surface area (Å²) in [5.74, 6) is 0.165. The summed E-state index contributed by atoms with van der Waals surface area (Å²) < 4.78 is 16.1. The number of hydrogen-bond donors (Lipinski definition) is 0. The Morgan fingerprint density at radius 3 is 2.59 bits per heavy atom. The van der Waals surface area contributed by atoms with Crippen LogP contribution in [0.4, 0.5) is 0 Å². The van der Waals surface area contributed by atoms with Crippen LogP contribution in [0.15, 0.2) is 59.2 Å². The molecule has 1 heterocycles. The topological polar surface area (TPSA) is 74.2 Å². The van der Waals surface area contributed by atoms with Gasteiger partial charge >= 0.3 is 11.9 Å². The van der Waals surface area contributed by atoms with Gasteiger partial charge < -0.3 is 14.2 Å². The molecule has 2 aromatic carbocycles. The highest BCUT2D eigenvalue weighted by atomic mass is 16.6. The van der Waals surface area contributed by atoms with E-state index in [1.165, 1.54) is 0 Å². The van der Waals surface area contributed by atoms with Gasteiger partial charge in [-0.05, 0) is 42.8 Å². The van der Waals surface area contributed by atoms with Gasteiger partial charge in [-0.3, -0.25) is 4.79 Å². The number of ether oxygens (including phenoxy) is 3. The lowest BCUT2D eigenvalue weighted by atomic mass is 10.1. The lowest BCUT2D eigenvalue weighted by molar-refractivity contribution is -0.134. The number of aliphatic imine (C=N–C) groups is 1. The van der Waals surface area contributed by atoms with Gasteiger partial charge in [0.15, 0.2) is 17.2 Å². The van der Waals surface area contributed by atoms with Crippen molar-refractivity contribution in [2.75, 3.05) is 6.61 Å². The van der Waals surface area contributed by atoms with Crippen molar-refractivity contribution < 1.29 is 23.8 Å². The molecule has 0 saturated heterocycles. The predicted molar refractivity (Wildman–Crippen MR) is 101 cm³/mol. The molecule has 27 heavy (non-hydrogen) atoms. The van der Waals surface area contributed by atoms with Crippen LogP contribution in [-0.4, -0.2) is 24.4 Å². The van der Waals surface area contributed by atoms with E-state index in [1.54, 1.807) is 31.2 Å². The van der Waals surface area contributed by atoms with Crippen LogP contribution in [0, 0.1) is 0 Å². The van der Waals surface area contributed by atoms with Gasteiger partial charge in [-0.25, -0.2) is 9.79 Å². The van der Waals surface area contributed by atoms with Crippen LogP contribution >= 0.6 is 0 Å². The summed E-state index contributed by atoms with van der Waals surface area (Å²) in [5, 5.41) is 0. The Morgan fingerprint density at radius 1 is 1.11 bits per heavy atom. The molecule has 0 aliphatic carbocycles. The van der Waals surface area contributed by atoms with E-state index in [4.69, 9.17) is 14.2 Å². The van der Waals surface area contributed by atoms with E-state index in [-0.39, 0.29) is 24.0 Å². The Labute approximate surface area is 157 Å². The number of rotatable bonds is 6. The Hall–Kier alpha value is -3.41. The standard InChI is InChI=1S/C21H19NO5/c1-3-19(23)26-17-11-10-14(13-18(17)25-4-2)12-16-21(24)27-20(22-16)15-8-6-5-7-9-15/h5-13H,3-4H2,1-2H3/b16-12-. The fourth-order valence-corrected chi connectivity index (χ4v) is 2.43. The Morgan fingerprint density at radius 2 is 1.89 bits per heavy atom. The predicted octanol–water partition coefficient (Wildman–Crippen LogP) is 3.75. The summed E-state index contributed by atoms with van der Waals surface area (Å²) >= 11 is 0. The van der Waals surface area contributed by atoms with Gasteiger partial charge in [0.25, 0.3) is 0 Å². The van der Waals surface area contributed by atoms with Crippen molar-refractivity contribution in [3.05, 3.63) is 65.4 Å². The summed E-state index contributed by atoms with van der Waals surface area (Å²) in [7, 11) is 0. The molecule has 0 amide bonds. The monoisotopic (exact) mass is 365 g/mol. The maximum Gasteiger partial charge on any atom is 0.363 e. The molecule has 1 aliphatic rings. The molecule has 3 rings (SSSR count). The molecule has 6 heteroatoms. The molecule has 0 saturated carbocycles. The maximum absolute atomic E-state index is 12.1. The zero-order valence-electron chi connectivity index (χ0n) is 15.1. The van der Waals surface area contributed by atoms with Gasteiger partial charge in [-0.1, -0.05) is 31.2 Å². The summed E-state index contributed by atoms with van der Waals surface area (Å²) in [6, 6.07) is 14.2. The lowest BCUT2D eigenvalue weighted by Crippen LogP contribution is -2.07. The second-order valence-corrected chi connectivity index (χ2v) is 5.67. The molecule has 0 aromatic heterocycles. The van der Waals surface area contributed by atoms with Crippen LogP contribution in [-0.2, 0) is 14.3 Å². The fraction of sp³-hybridized carbons (Fsp3) is 0.190. The smallest absolute Gasteiger partial charge is 0.363 e. The summed E-state index contributed by atoms with van der Waals surface area (Å²) in [5.41, 5.74) is 1.60. The van der Waals surface area contributed by atoms with Gasteiger partial charge in [-0.15, -0.1) is 0 Å². The highest BCUT2D eigenvalue weighted by Crippen LogP contribution is 2.30. The quantitative estimate of drug-likeness (QED) is 0.443. The first-order chi connectivity index (χ1) is 13.1. The van der Waals surface area contributed by atoms with Crippen molar-refractivity contribution in [1.29, 1.82) is 0 Å². The van der Waals surface area contributed by atoms with E-state index in [1.807, 2.05) is 37.3 Å². The third-order valence-corrected chi connectivity index (χ3v) is 3.72. The van der Waals surface area contributed by atoms with Gasteiger partial charge in [0.1, 0.15) is 0 Å². The second kappa shape index (κ2) is 8.31. The van der Waals surface area contributed by atoms with E-state index in [0.717, 1.165) is 5.56 Å². The van der Waals surface area contributed by atoms with Crippen LogP contribution < -0.4 is 9.47 Å². The Balaban J connectivity index is 1.89. The number of esters is 2. The largest absolute Gasteiger partial charge is 0.490 e. The molecular formula is C21H19NO5. The van der Waals surface area contributed by atoms with Crippen LogP contribution in [0.2, 0.25) is 0 Å². The summed E-state index contributed by atoms with van der Waals surface area (Å²) in [6.45, 7) is 3.96. The number of cyclic esters (lactones) is 1. The highest BCUT2D eigenvalue weighted by Gasteiger charge is 2.24. The first kappa shape index (κ1) is 18.4. The maximum atomic E-state index is 12.1. The van der Waals surface area contributed by atoms with Crippen molar-refractivity contribution >= 4 is 23.9 Å². The summed E-state index contributed by atoms with van der Waals surface area (Å²) in [4.78, 5) is 27.9. The Bertz CT molecular complexity index is 915. The first-order valence-corrected chi connectivity index (χ1v) is 8.66. The SMILES string of the molecule is CCOc1cc(/C=C2\N=C(c3ccccc3)OC2=O)ccc1OC(=O)CC. The zero-order valence-corrected chi connectivity index (χ0v) is 15.1. The number of carbonyl (C=O) groups excluding carboxylic acids is 2. The lowest BCUT2D eigenvalue weighted by Gasteiger charge is -2.10. The molecule has 138 valence electrons. The van der Waals surface area contributed by atoms with Crippen LogP contribution in [0.3, 0.4) is 0 Å². The minimum Gasteiger partial charge on any atom is -0.490 e. The van der Waals surface area contributed by atoms with Crippen molar-refractivity contribution in [3.63, 3.8) is 0 Å². The van der Waals surface area contributed by atoms with Crippen molar-refractivity contribution in [2.24, 2.45) is 4.99 Å².